The minimum atomic E-state index is 0. The summed E-state index contributed by atoms with van der Waals surface area (Å²) >= 11 is 0. The van der Waals surface area contributed by atoms with Crippen molar-refractivity contribution >= 4 is 35.8 Å². The lowest BCUT2D eigenvalue weighted by atomic mass is 10.2. The van der Waals surface area contributed by atoms with Gasteiger partial charge in [-0.25, -0.2) is 9.97 Å². The van der Waals surface area contributed by atoms with Crippen molar-refractivity contribution in [3.8, 4) is 11.3 Å². The van der Waals surface area contributed by atoms with E-state index in [0.29, 0.717) is 6.54 Å². The molecule has 3 aromatic rings. The molecule has 0 spiro atoms. The molecule has 1 fully saturated rings. The van der Waals surface area contributed by atoms with Gasteiger partial charge in [0.25, 0.3) is 0 Å². The largest absolute Gasteiger partial charge is 0.353 e. The second kappa shape index (κ2) is 10.2. The van der Waals surface area contributed by atoms with Gasteiger partial charge in [-0.3, -0.25) is 4.99 Å². The summed E-state index contributed by atoms with van der Waals surface area (Å²) in [4.78, 5) is 21.3. The number of hydrogen-bond acceptors (Lipinski definition) is 4. The molecule has 2 aromatic heterocycles. The number of piperazine rings is 1. The average molecular weight is 503 g/mol. The quantitative estimate of drug-likeness (QED) is 0.326. The lowest BCUT2D eigenvalue weighted by Crippen LogP contribution is -2.52. The molecular weight excluding hydrogens is 477 g/mol. The molecule has 0 saturated carbocycles. The van der Waals surface area contributed by atoms with Crippen LogP contribution in [0.1, 0.15) is 5.82 Å². The predicted octanol–water partition coefficient (Wildman–Crippen LogP) is 2.99. The topological polar surface area (TPSA) is 72.4 Å². The maximum absolute atomic E-state index is 4.49. The van der Waals surface area contributed by atoms with Crippen LogP contribution in [0.15, 0.2) is 65.9 Å². The Balaban J connectivity index is 0.00000240. The minimum absolute atomic E-state index is 0. The van der Waals surface area contributed by atoms with Crippen molar-refractivity contribution in [2.75, 3.05) is 38.1 Å². The van der Waals surface area contributed by atoms with Crippen LogP contribution in [0, 0.1) is 0 Å². The van der Waals surface area contributed by atoms with Crippen LogP contribution in [-0.4, -0.2) is 59.0 Å². The van der Waals surface area contributed by atoms with Crippen LogP contribution >= 0.6 is 24.0 Å². The summed E-state index contributed by atoms with van der Waals surface area (Å²) in [5.41, 5.74) is 2.16. The van der Waals surface area contributed by atoms with Crippen molar-refractivity contribution in [3.05, 3.63) is 66.7 Å². The molecule has 0 bridgehead atoms. The van der Waals surface area contributed by atoms with Crippen molar-refractivity contribution in [1.82, 2.24) is 25.2 Å². The number of benzene rings is 1. The molecule has 4 rings (SSSR count). The van der Waals surface area contributed by atoms with E-state index in [4.69, 9.17) is 0 Å². The van der Waals surface area contributed by atoms with Crippen LogP contribution in [0.3, 0.4) is 0 Å². The molecule has 0 atom stereocenters. The summed E-state index contributed by atoms with van der Waals surface area (Å²) < 4.78 is 0. The minimum Gasteiger partial charge on any atom is -0.353 e. The number of aromatic amines is 1. The number of guanidine groups is 1. The van der Waals surface area contributed by atoms with Crippen LogP contribution < -0.4 is 10.2 Å². The number of nitrogens with one attached hydrogen (secondary N) is 2. The SMILES string of the molecule is CN=C(NCc1ncc(-c2ccccc2)[nH]1)N1CCN(c2ccccn2)CC1.I. The fraction of sp³-hybridized carbons (Fsp3) is 0.286. The van der Waals surface area contributed by atoms with Crippen molar-refractivity contribution in [2.24, 2.45) is 4.99 Å². The zero-order valence-electron chi connectivity index (χ0n) is 16.5. The van der Waals surface area contributed by atoms with E-state index in [2.05, 4.69) is 53.3 Å². The molecule has 8 heteroatoms. The van der Waals surface area contributed by atoms with Gasteiger partial charge < -0.3 is 20.1 Å². The van der Waals surface area contributed by atoms with Crippen LogP contribution in [0.4, 0.5) is 5.82 Å². The number of aromatic nitrogens is 3. The lowest BCUT2D eigenvalue weighted by Gasteiger charge is -2.37. The van der Waals surface area contributed by atoms with Crippen molar-refractivity contribution in [3.63, 3.8) is 0 Å². The molecule has 1 aliphatic heterocycles. The van der Waals surface area contributed by atoms with Gasteiger partial charge >= 0.3 is 0 Å². The number of H-pyrrole nitrogens is 1. The van der Waals surface area contributed by atoms with E-state index in [1.165, 1.54) is 0 Å². The first-order valence-electron chi connectivity index (χ1n) is 9.54. The van der Waals surface area contributed by atoms with Gasteiger partial charge in [0, 0.05) is 39.4 Å². The Morgan fingerprint density at radius 1 is 1.03 bits per heavy atom. The second-order valence-corrected chi connectivity index (χ2v) is 6.67. The van der Waals surface area contributed by atoms with Crippen molar-refractivity contribution in [1.29, 1.82) is 0 Å². The molecule has 29 heavy (non-hydrogen) atoms. The molecular formula is C21H26IN7. The van der Waals surface area contributed by atoms with Crippen molar-refractivity contribution < 1.29 is 0 Å². The molecule has 0 aliphatic carbocycles. The monoisotopic (exact) mass is 503 g/mol. The number of pyridine rings is 1. The Labute approximate surface area is 188 Å². The second-order valence-electron chi connectivity index (χ2n) is 6.67. The van der Waals surface area contributed by atoms with Gasteiger partial charge in [0.1, 0.15) is 11.6 Å². The maximum atomic E-state index is 4.49. The summed E-state index contributed by atoms with van der Waals surface area (Å²) in [7, 11) is 1.82. The summed E-state index contributed by atoms with van der Waals surface area (Å²) in [5, 5.41) is 3.42. The molecule has 2 N–H and O–H groups in total. The molecule has 0 radical (unpaired) electrons. The molecule has 1 aliphatic rings. The Hall–Kier alpha value is -2.62. The average Bonchev–Trinajstić information content (AvgIpc) is 3.25. The summed E-state index contributed by atoms with van der Waals surface area (Å²) in [6, 6.07) is 16.3. The van der Waals surface area contributed by atoms with Gasteiger partial charge in [0.2, 0.25) is 0 Å². The van der Waals surface area contributed by atoms with Crippen LogP contribution in [0.2, 0.25) is 0 Å². The van der Waals surface area contributed by atoms with E-state index >= 15 is 0 Å². The summed E-state index contributed by atoms with van der Waals surface area (Å²) in [5.74, 6) is 2.83. The number of imidazole rings is 1. The standard InChI is InChI=1S/C21H25N7.HI/c1-22-21(28-13-11-27(12-14-28)20-9-5-6-10-23-20)25-16-19-24-15-18(26-19)17-7-3-2-4-8-17;/h2-10,15H,11-14,16H2,1H3,(H,22,25)(H,24,26);1H. The van der Waals surface area contributed by atoms with Crippen LogP contribution in [0.5, 0.6) is 0 Å². The van der Waals surface area contributed by atoms with Crippen molar-refractivity contribution in [2.45, 2.75) is 6.54 Å². The third-order valence-electron chi connectivity index (χ3n) is 4.89. The van der Waals surface area contributed by atoms with E-state index in [-0.39, 0.29) is 24.0 Å². The number of anilines is 1. The Morgan fingerprint density at radius 2 is 1.79 bits per heavy atom. The summed E-state index contributed by atoms with van der Waals surface area (Å²) in [6.45, 7) is 4.28. The van der Waals surface area contributed by atoms with E-state index in [1.807, 2.05) is 49.8 Å². The van der Waals surface area contributed by atoms with Gasteiger partial charge in [-0.1, -0.05) is 36.4 Å². The van der Waals surface area contributed by atoms with Crippen LogP contribution in [-0.2, 0) is 6.54 Å². The number of rotatable bonds is 4. The van der Waals surface area contributed by atoms with Gasteiger partial charge in [-0.2, -0.15) is 0 Å². The Bertz CT molecular complexity index is 903. The zero-order valence-corrected chi connectivity index (χ0v) is 18.8. The van der Waals surface area contributed by atoms with E-state index in [0.717, 1.165) is 55.0 Å². The maximum Gasteiger partial charge on any atom is 0.194 e. The number of aliphatic imine (C=N–C) groups is 1. The van der Waals surface area contributed by atoms with E-state index in [9.17, 15) is 0 Å². The highest BCUT2D eigenvalue weighted by Crippen LogP contribution is 2.16. The van der Waals surface area contributed by atoms with Gasteiger partial charge in [0.15, 0.2) is 5.96 Å². The zero-order chi connectivity index (χ0) is 19.2. The molecule has 152 valence electrons. The molecule has 3 heterocycles. The highest BCUT2D eigenvalue weighted by Gasteiger charge is 2.20. The predicted molar refractivity (Wildman–Crippen MR) is 128 cm³/mol. The fourth-order valence-electron chi connectivity index (χ4n) is 3.40. The third kappa shape index (κ3) is 5.26. The first-order chi connectivity index (χ1) is 13.8. The fourth-order valence-corrected chi connectivity index (χ4v) is 3.40. The first kappa shape index (κ1) is 21.1. The van der Waals surface area contributed by atoms with E-state index < -0.39 is 0 Å². The third-order valence-corrected chi connectivity index (χ3v) is 4.89. The Kier molecular flexibility index (Phi) is 7.45. The molecule has 1 aromatic carbocycles. The lowest BCUT2D eigenvalue weighted by molar-refractivity contribution is 0.371. The molecule has 0 unspecified atom stereocenters. The highest BCUT2D eigenvalue weighted by atomic mass is 127. The summed E-state index contributed by atoms with van der Waals surface area (Å²) in [6.07, 6.45) is 3.72. The normalized spacial score (nSPS) is 14.4. The number of hydrogen-bond donors (Lipinski definition) is 2. The molecule has 1 saturated heterocycles. The highest BCUT2D eigenvalue weighted by molar-refractivity contribution is 14.0. The Morgan fingerprint density at radius 3 is 2.48 bits per heavy atom. The van der Waals surface area contributed by atoms with Gasteiger partial charge in [0.05, 0.1) is 18.4 Å². The van der Waals surface area contributed by atoms with Gasteiger partial charge in [-0.15, -0.1) is 24.0 Å². The first-order valence-corrected chi connectivity index (χ1v) is 9.54. The smallest absolute Gasteiger partial charge is 0.194 e. The van der Waals surface area contributed by atoms with Crippen LogP contribution in [0.25, 0.3) is 11.3 Å². The molecule has 7 nitrogen and oxygen atoms in total. The molecule has 0 amide bonds. The van der Waals surface area contributed by atoms with Gasteiger partial charge in [-0.05, 0) is 17.7 Å². The number of nitrogens with zero attached hydrogens (tertiary/aromatic N) is 5. The number of halogens is 1. The van der Waals surface area contributed by atoms with E-state index in [1.54, 1.807) is 0 Å².